The third-order valence-electron chi connectivity index (χ3n) is 6.47. The number of allylic oxidation sites excluding steroid dienone is 1. The number of methoxy groups -OCH3 is 1. The first kappa shape index (κ1) is 25.5. The average molecular weight is 487 g/mol. The molecule has 0 saturated carbocycles. The zero-order valence-corrected chi connectivity index (χ0v) is 21.0. The maximum atomic E-state index is 12.6. The molecule has 0 amide bonds. The first-order valence-corrected chi connectivity index (χ1v) is 12.3. The number of rotatable bonds is 10. The Kier molecular flexibility index (Phi) is 8.76. The van der Waals surface area contributed by atoms with Crippen LogP contribution in [-0.2, 0) is 24.4 Å². The molecule has 0 aliphatic carbocycles. The van der Waals surface area contributed by atoms with Crippen molar-refractivity contribution in [3.63, 3.8) is 0 Å². The van der Waals surface area contributed by atoms with Crippen LogP contribution in [0.5, 0.6) is 17.2 Å². The minimum absolute atomic E-state index is 0.0222. The Morgan fingerprint density at radius 3 is 2.39 bits per heavy atom. The molecule has 6 nitrogen and oxygen atoms in total. The molecule has 1 fully saturated rings. The lowest BCUT2D eigenvalue weighted by Crippen LogP contribution is -2.43. The van der Waals surface area contributed by atoms with E-state index in [1.54, 1.807) is 24.3 Å². The molecule has 1 N–H and O–H groups in total. The summed E-state index contributed by atoms with van der Waals surface area (Å²) in [7, 11) is 3.67. The van der Waals surface area contributed by atoms with Gasteiger partial charge in [0.1, 0.15) is 12.4 Å². The smallest absolute Gasteiger partial charge is 0.160 e. The Labute approximate surface area is 213 Å². The number of phenolic OH excluding ortho intramolecular Hbond substituents is 1. The number of likely N-dealkylation sites (N-methyl/N-ethyl adjacent to an activating group) is 1. The summed E-state index contributed by atoms with van der Waals surface area (Å²) in [5.41, 5.74) is 3.95. The molecule has 3 aromatic carbocycles. The van der Waals surface area contributed by atoms with Gasteiger partial charge in [-0.15, -0.1) is 0 Å². The van der Waals surface area contributed by atoms with Gasteiger partial charge in [-0.05, 0) is 59.6 Å². The fourth-order valence-corrected chi connectivity index (χ4v) is 4.23. The molecule has 1 aliphatic rings. The molecule has 1 aliphatic heterocycles. The maximum absolute atomic E-state index is 12.6. The summed E-state index contributed by atoms with van der Waals surface area (Å²) in [5.74, 6) is 1.24. The summed E-state index contributed by atoms with van der Waals surface area (Å²) in [6.45, 7) is 5.79. The van der Waals surface area contributed by atoms with Gasteiger partial charge in [0, 0.05) is 39.1 Å². The molecule has 0 spiro atoms. The van der Waals surface area contributed by atoms with Crippen LogP contribution < -0.4 is 9.47 Å². The lowest BCUT2D eigenvalue weighted by atomic mass is 10.0. The van der Waals surface area contributed by atoms with Gasteiger partial charge in [0.25, 0.3) is 0 Å². The number of ether oxygens (including phenoxy) is 2. The number of hydrogen-bond acceptors (Lipinski definition) is 6. The van der Waals surface area contributed by atoms with Gasteiger partial charge in [-0.2, -0.15) is 0 Å². The molecule has 0 unspecified atom stereocenters. The van der Waals surface area contributed by atoms with Crippen molar-refractivity contribution in [1.82, 2.24) is 9.80 Å². The van der Waals surface area contributed by atoms with Crippen molar-refractivity contribution >= 4 is 11.9 Å². The summed E-state index contributed by atoms with van der Waals surface area (Å²) in [6, 6.07) is 21.2. The van der Waals surface area contributed by atoms with Crippen molar-refractivity contribution in [3.8, 4) is 17.2 Å². The topological polar surface area (TPSA) is 62.2 Å². The van der Waals surface area contributed by atoms with Crippen molar-refractivity contribution in [1.29, 1.82) is 0 Å². The van der Waals surface area contributed by atoms with Crippen molar-refractivity contribution in [3.05, 3.63) is 95.1 Å². The zero-order valence-electron chi connectivity index (χ0n) is 21.0. The zero-order chi connectivity index (χ0) is 25.3. The van der Waals surface area contributed by atoms with E-state index < -0.39 is 0 Å². The first-order chi connectivity index (χ1) is 17.5. The van der Waals surface area contributed by atoms with E-state index in [9.17, 15) is 9.90 Å². The van der Waals surface area contributed by atoms with Gasteiger partial charge >= 0.3 is 0 Å². The molecule has 36 heavy (non-hydrogen) atoms. The van der Waals surface area contributed by atoms with E-state index in [2.05, 4.69) is 29.0 Å². The van der Waals surface area contributed by atoms with Gasteiger partial charge in [-0.3, -0.25) is 9.69 Å². The molecule has 6 heteroatoms. The van der Waals surface area contributed by atoms with E-state index in [-0.39, 0.29) is 18.0 Å². The van der Waals surface area contributed by atoms with Gasteiger partial charge in [-0.25, -0.2) is 0 Å². The molecule has 0 bridgehead atoms. The molecule has 1 heterocycles. The Morgan fingerprint density at radius 1 is 0.972 bits per heavy atom. The van der Waals surface area contributed by atoms with Gasteiger partial charge in [0.2, 0.25) is 0 Å². The number of benzene rings is 3. The average Bonchev–Trinajstić information content (AvgIpc) is 2.89. The Bertz CT molecular complexity index is 1180. The first-order valence-electron chi connectivity index (χ1n) is 12.3. The molecule has 1 saturated heterocycles. The van der Waals surface area contributed by atoms with Gasteiger partial charge < -0.3 is 19.5 Å². The predicted molar refractivity (Wildman–Crippen MR) is 142 cm³/mol. The third-order valence-corrected chi connectivity index (χ3v) is 6.47. The highest BCUT2D eigenvalue weighted by atomic mass is 16.5. The van der Waals surface area contributed by atoms with Crippen molar-refractivity contribution in [2.45, 2.75) is 19.6 Å². The molecule has 3 aromatic rings. The van der Waals surface area contributed by atoms with Crippen LogP contribution in [0.1, 0.15) is 22.3 Å². The summed E-state index contributed by atoms with van der Waals surface area (Å²) in [6.07, 6.45) is 3.52. The second-order valence-corrected chi connectivity index (χ2v) is 9.19. The molecule has 0 radical (unpaired) electrons. The monoisotopic (exact) mass is 486 g/mol. The Balaban J connectivity index is 1.31. The van der Waals surface area contributed by atoms with Crippen molar-refractivity contribution in [2.24, 2.45) is 0 Å². The minimum atomic E-state index is -0.0222. The van der Waals surface area contributed by atoms with Gasteiger partial charge in [-0.1, -0.05) is 48.5 Å². The molecule has 0 aromatic heterocycles. The Hall–Kier alpha value is -3.61. The number of piperazine rings is 1. The highest BCUT2D eigenvalue weighted by Crippen LogP contribution is 2.26. The van der Waals surface area contributed by atoms with Crippen molar-refractivity contribution < 1.29 is 19.4 Å². The lowest BCUT2D eigenvalue weighted by molar-refractivity contribution is -0.113. The van der Waals surface area contributed by atoms with Crippen LogP contribution in [0.15, 0.2) is 72.8 Å². The van der Waals surface area contributed by atoms with Crippen molar-refractivity contribution in [2.75, 3.05) is 40.3 Å². The molecule has 0 atom stereocenters. The molecular weight excluding hydrogens is 452 g/mol. The minimum Gasteiger partial charge on any atom is -0.504 e. The number of phenols is 1. The fourth-order valence-electron chi connectivity index (χ4n) is 4.23. The largest absolute Gasteiger partial charge is 0.504 e. The van der Waals surface area contributed by atoms with Crippen LogP contribution in [0.3, 0.4) is 0 Å². The normalized spacial score (nSPS) is 14.7. The number of hydrogen-bond donors (Lipinski definition) is 1. The summed E-state index contributed by atoms with van der Waals surface area (Å²) < 4.78 is 11.1. The van der Waals surface area contributed by atoms with Crippen LogP contribution in [0.2, 0.25) is 0 Å². The van der Waals surface area contributed by atoms with Crippen LogP contribution in [0.4, 0.5) is 0 Å². The molecule has 188 valence electrons. The number of carbonyl (C=O) groups excluding carboxylic acids is 1. The fraction of sp³-hybridized carbons (Fsp3) is 0.300. The number of nitrogens with zero attached hydrogens (tertiary/aromatic N) is 2. The van der Waals surface area contributed by atoms with Crippen LogP contribution in [0, 0.1) is 0 Å². The van der Waals surface area contributed by atoms with E-state index in [0.29, 0.717) is 12.4 Å². The quantitative estimate of drug-likeness (QED) is 0.424. The van der Waals surface area contributed by atoms with Crippen LogP contribution in [-0.4, -0.2) is 61.0 Å². The predicted octanol–water partition coefficient (Wildman–Crippen LogP) is 4.55. The lowest BCUT2D eigenvalue weighted by Gasteiger charge is -2.32. The van der Waals surface area contributed by atoms with Gasteiger partial charge in [0.15, 0.2) is 17.3 Å². The highest BCUT2D eigenvalue weighted by molar-refractivity contribution is 5.95. The summed E-state index contributed by atoms with van der Waals surface area (Å²) in [5, 5.41) is 9.92. The van der Waals surface area contributed by atoms with E-state index in [1.165, 1.54) is 18.7 Å². The van der Waals surface area contributed by atoms with E-state index >= 15 is 0 Å². The third kappa shape index (κ3) is 7.20. The second-order valence-electron chi connectivity index (χ2n) is 9.19. The van der Waals surface area contributed by atoms with Crippen LogP contribution in [0.25, 0.3) is 6.08 Å². The van der Waals surface area contributed by atoms with E-state index in [0.717, 1.165) is 55.2 Å². The Morgan fingerprint density at radius 2 is 1.69 bits per heavy atom. The second kappa shape index (κ2) is 12.4. The SMILES string of the molecule is COc1ccc(/C=C/C(=O)Cc2ccccc2COc2ccc(CN3CCN(C)CC3)cc2)cc1O. The van der Waals surface area contributed by atoms with Gasteiger partial charge in [0.05, 0.1) is 7.11 Å². The van der Waals surface area contributed by atoms with Crippen LogP contribution >= 0.6 is 0 Å². The van der Waals surface area contributed by atoms with E-state index in [1.807, 2.05) is 36.4 Å². The number of carbonyl (C=O) groups is 1. The van der Waals surface area contributed by atoms with E-state index in [4.69, 9.17) is 9.47 Å². The molecular formula is C30H34N2O4. The standard InChI is InChI=1S/C30H34N2O4/c1-31-15-17-32(18-16-31)21-24-8-12-28(13-9-24)36-22-26-6-4-3-5-25(26)20-27(33)11-7-23-10-14-30(35-2)29(34)19-23/h3-14,19,34H,15-18,20-22H2,1-2H3/b11-7+. The number of ketones is 1. The highest BCUT2D eigenvalue weighted by Gasteiger charge is 2.14. The molecule has 4 rings (SSSR count). The maximum Gasteiger partial charge on any atom is 0.160 e. The summed E-state index contributed by atoms with van der Waals surface area (Å²) >= 11 is 0. The summed E-state index contributed by atoms with van der Waals surface area (Å²) in [4.78, 5) is 17.5. The number of aromatic hydroxyl groups is 1.